The molecule has 1 saturated heterocycles. The third-order valence-electron chi connectivity index (χ3n) is 5.27. The van der Waals surface area contributed by atoms with E-state index in [2.05, 4.69) is 0 Å². The summed E-state index contributed by atoms with van der Waals surface area (Å²) in [4.78, 5) is 12.6. The minimum absolute atomic E-state index is 0.123. The summed E-state index contributed by atoms with van der Waals surface area (Å²) >= 11 is 0. The molecule has 0 bridgehead atoms. The molecular weight excluding hydrogens is 444 g/mol. The van der Waals surface area contributed by atoms with Crippen LogP contribution in [0.15, 0.2) is 39.5 Å². The van der Waals surface area contributed by atoms with Crippen LogP contribution in [-0.4, -0.2) is 78.2 Å². The number of ether oxygens (including phenoxy) is 2. The zero-order valence-corrected chi connectivity index (χ0v) is 16.7. The molecule has 176 valence electrons. The summed E-state index contributed by atoms with van der Waals surface area (Å²) in [6.45, 7) is -0.711. The molecular formula is C21H20O12. The molecule has 0 radical (unpaired) electrons. The number of phenols is 4. The number of hydrogen-bond donors (Lipinski definition) is 8. The molecule has 1 aliphatic heterocycles. The van der Waals surface area contributed by atoms with E-state index in [4.69, 9.17) is 13.9 Å². The summed E-state index contributed by atoms with van der Waals surface area (Å²) in [7, 11) is 0. The molecule has 8 N–H and O–H groups in total. The van der Waals surface area contributed by atoms with Gasteiger partial charge in [-0.05, 0) is 18.2 Å². The van der Waals surface area contributed by atoms with Gasteiger partial charge in [0.15, 0.2) is 28.3 Å². The first-order valence-electron chi connectivity index (χ1n) is 9.64. The molecule has 0 spiro atoms. The quantitative estimate of drug-likeness (QED) is 0.181. The smallest absolute Gasteiger partial charge is 0.229 e. The highest BCUT2D eigenvalue weighted by Crippen LogP contribution is 2.42. The Bertz CT molecular complexity index is 1250. The lowest BCUT2D eigenvalue weighted by Crippen LogP contribution is -2.60. The minimum Gasteiger partial charge on any atom is -0.507 e. The van der Waals surface area contributed by atoms with E-state index in [0.717, 1.165) is 24.3 Å². The first-order chi connectivity index (χ1) is 15.6. The summed E-state index contributed by atoms with van der Waals surface area (Å²) < 4.78 is 16.1. The van der Waals surface area contributed by atoms with E-state index >= 15 is 0 Å². The predicted octanol–water partition coefficient (Wildman–Crippen LogP) is -0.539. The maximum Gasteiger partial charge on any atom is 0.229 e. The molecule has 2 heterocycles. The van der Waals surface area contributed by atoms with Crippen LogP contribution in [0, 0.1) is 0 Å². The van der Waals surface area contributed by atoms with Crippen LogP contribution in [0.1, 0.15) is 0 Å². The Balaban J connectivity index is 1.78. The number of benzene rings is 2. The van der Waals surface area contributed by atoms with Gasteiger partial charge < -0.3 is 54.7 Å². The summed E-state index contributed by atoms with van der Waals surface area (Å²) in [6.07, 6.45) is -8.13. The SMILES string of the molecule is O=c1cc(-c2ccc(O)c(O)c2)oc2c(O)c(OC3OC(CO)C(O)C(O)C3O)cc(O)c12. The molecule has 33 heavy (non-hydrogen) atoms. The summed E-state index contributed by atoms with van der Waals surface area (Å²) in [5.74, 6) is -2.92. The number of hydrogen-bond acceptors (Lipinski definition) is 12. The third-order valence-corrected chi connectivity index (χ3v) is 5.27. The number of aliphatic hydroxyl groups excluding tert-OH is 4. The first-order valence-corrected chi connectivity index (χ1v) is 9.64. The molecule has 0 aliphatic carbocycles. The highest BCUT2D eigenvalue weighted by molar-refractivity contribution is 5.91. The average molecular weight is 464 g/mol. The number of rotatable bonds is 4. The highest BCUT2D eigenvalue weighted by Gasteiger charge is 2.45. The lowest BCUT2D eigenvalue weighted by atomic mass is 9.99. The van der Waals surface area contributed by atoms with Crippen LogP contribution < -0.4 is 10.2 Å². The largest absolute Gasteiger partial charge is 0.507 e. The fourth-order valence-electron chi connectivity index (χ4n) is 3.48. The molecule has 3 aromatic rings. The highest BCUT2D eigenvalue weighted by atomic mass is 16.7. The molecule has 0 saturated carbocycles. The van der Waals surface area contributed by atoms with Crippen molar-refractivity contribution in [2.24, 2.45) is 0 Å². The fraction of sp³-hybridized carbons (Fsp3) is 0.286. The minimum atomic E-state index is -1.79. The van der Waals surface area contributed by atoms with Crippen LogP contribution in [0.2, 0.25) is 0 Å². The second kappa shape index (κ2) is 8.42. The van der Waals surface area contributed by atoms with Gasteiger partial charge in [-0.25, -0.2) is 0 Å². The van der Waals surface area contributed by atoms with Crippen LogP contribution in [-0.2, 0) is 4.74 Å². The van der Waals surface area contributed by atoms with Crippen molar-refractivity contribution in [3.05, 3.63) is 40.6 Å². The van der Waals surface area contributed by atoms with E-state index in [1.165, 1.54) is 6.07 Å². The van der Waals surface area contributed by atoms with Gasteiger partial charge in [-0.3, -0.25) is 4.79 Å². The number of aromatic hydroxyl groups is 4. The monoisotopic (exact) mass is 464 g/mol. The van der Waals surface area contributed by atoms with Gasteiger partial charge in [0.05, 0.1) is 6.61 Å². The molecule has 1 aliphatic rings. The number of fused-ring (bicyclic) bond motifs is 1. The van der Waals surface area contributed by atoms with Gasteiger partial charge in [-0.2, -0.15) is 0 Å². The van der Waals surface area contributed by atoms with Crippen molar-refractivity contribution in [1.29, 1.82) is 0 Å². The molecule has 4 rings (SSSR count). The van der Waals surface area contributed by atoms with Crippen molar-refractivity contribution in [2.75, 3.05) is 6.61 Å². The van der Waals surface area contributed by atoms with Crippen molar-refractivity contribution >= 4 is 11.0 Å². The van der Waals surface area contributed by atoms with Gasteiger partial charge in [-0.1, -0.05) is 0 Å². The average Bonchev–Trinajstić information content (AvgIpc) is 2.78. The van der Waals surface area contributed by atoms with E-state index in [1.807, 2.05) is 0 Å². The lowest BCUT2D eigenvalue weighted by molar-refractivity contribution is -0.277. The standard InChI is InChI=1S/C21H20O12/c22-6-14-16(27)18(29)19(30)21(33-14)32-13-5-11(26)15-10(25)4-12(31-20(15)17(13)28)7-1-2-8(23)9(24)3-7/h1-5,14,16,18-19,21-24,26-30H,6H2. The Hall–Kier alpha value is -3.55. The topological polar surface area (TPSA) is 211 Å². The van der Waals surface area contributed by atoms with Gasteiger partial charge in [0.25, 0.3) is 0 Å². The van der Waals surface area contributed by atoms with Crippen LogP contribution in [0.4, 0.5) is 0 Å². The van der Waals surface area contributed by atoms with Crippen LogP contribution in [0.3, 0.4) is 0 Å². The third kappa shape index (κ3) is 3.90. The van der Waals surface area contributed by atoms with Gasteiger partial charge in [0.2, 0.25) is 12.0 Å². The van der Waals surface area contributed by atoms with E-state index < -0.39 is 77.1 Å². The second-order valence-corrected chi connectivity index (χ2v) is 7.44. The lowest BCUT2D eigenvalue weighted by Gasteiger charge is -2.39. The molecule has 12 nitrogen and oxygen atoms in total. The Kier molecular flexibility index (Phi) is 5.78. The Morgan fingerprint density at radius 3 is 2.27 bits per heavy atom. The molecule has 0 amide bonds. The fourth-order valence-corrected chi connectivity index (χ4v) is 3.48. The predicted molar refractivity (Wildman–Crippen MR) is 109 cm³/mol. The van der Waals surface area contributed by atoms with Crippen LogP contribution >= 0.6 is 0 Å². The Morgan fingerprint density at radius 1 is 0.879 bits per heavy atom. The van der Waals surface area contributed by atoms with Crippen LogP contribution in [0.5, 0.6) is 28.7 Å². The van der Waals surface area contributed by atoms with Gasteiger partial charge in [0.1, 0.15) is 41.3 Å². The van der Waals surface area contributed by atoms with Crippen molar-refractivity contribution < 1.29 is 54.7 Å². The number of phenolic OH excluding ortho intramolecular Hbond substituents is 4. The molecule has 5 atom stereocenters. The number of aliphatic hydroxyl groups is 4. The van der Waals surface area contributed by atoms with E-state index in [-0.39, 0.29) is 16.7 Å². The molecule has 2 aromatic carbocycles. The van der Waals surface area contributed by atoms with E-state index in [0.29, 0.717) is 0 Å². The van der Waals surface area contributed by atoms with Gasteiger partial charge in [0, 0.05) is 17.7 Å². The Morgan fingerprint density at radius 2 is 1.61 bits per heavy atom. The van der Waals surface area contributed by atoms with Crippen molar-refractivity contribution in [3.63, 3.8) is 0 Å². The second-order valence-electron chi connectivity index (χ2n) is 7.44. The van der Waals surface area contributed by atoms with Gasteiger partial charge >= 0.3 is 0 Å². The van der Waals surface area contributed by atoms with Crippen molar-refractivity contribution in [2.45, 2.75) is 30.7 Å². The van der Waals surface area contributed by atoms with E-state index in [9.17, 15) is 45.6 Å². The van der Waals surface area contributed by atoms with Crippen molar-refractivity contribution in [1.82, 2.24) is 0 Å². The first kappa shape index (κ1) is 22.6. The molecule has 5 unspecified atom stereocenters. The maximum absolute atomic E-state index is 12.6. The maximum atomic E-state index is 12.6. The zero-order chi connectivity index (χ0) is 24.0. The molecule has 1 fully saturated rings. The summed E-state index contributed by atoms with van der Waals surface area (Å²) in [5.41, 5.74) is -1.07. The van der Waals surface area contributed by atoms with Crippen molar-refractivity contribution in [3.8, 4) is 40.1 Å². The van der Waals surface area contributed by atoms with Gasteiger partial charge in [-0.15, -0.1) is 0 Å². The summed E-state index contributed by atoms with van der Waals surface area (Å²) in [5, 5.41) is 79.0. The van der Waals surface area contributed by atoms with E-state index in [1.54, 1.807) is 0 Å². The normalized spacial score (nSPS) is 25.3. The van der Waals surface area contributed by atoms with Crippen LogP contribution in [0.25, 0.3) is 22.3 Å². The molecule has 12 heteroatoms. The molecule has 1 aromatic heterocycles. The summed E-state index contributed by atoms with van der Waals surface area (Å²) in [6, 6.07) is 5.48. The zero-order valence-electron chi connectivity index (χ0n) is 16.7. The Labute approximate surface area is 184 Å².